The van der Waals surface area contributed by atoms with Crippen molar-refractivity contribution in [3.8, 4) is 0 Å². The van der Waals surface area contributed by atoms with Crippen LogP contribution < -0.4 is 11.5 Å². The van der Waals surface area contributed by atoms with Crippen molar-refractivity contribution in [1.82, 2.24) is 0 Å². The first-order valence-corrected chi connectivity index (χ1v) is 4.84. The number of nitrogens with zero attached hydrogens (tertiary/aromatic N) is 1. The van der Waals surface area contributed by atoms with Crippen LogP contribution in [0, 0.1) is 0 Å². The molecule has 0 heterocycles. The fraction of sp³-hybridized carbons (Fsp3) is 0.200. The van der Waals surface area contributed by atoms with Crippen molar-refractivity contribution in [3.63, 3.8) is 0 Å². The van der Waals surface area contributed by atoms with Gasteiger partial charge >= 0.3 is 12.4 Å². The quantitative estimate of drug-likeness (QED) is 0.473. The molecular formula is C10H7F6N3O. The summed E-state index contributed by atoms with van der Waals surface area (Å²) in [6.07, 6.45) is -10.1. The van der Waals surface area contributed by atoms with Gasteiger partial charge in [0.1, 0.15) is 0 Å². The number of nitrogens with two attached hydrogens (primary N) is 2. The zero-order chi connectivity index (χ0) is 15.7. The van der Waals surface area contributed by atoms with Crippen molar-refractivity contribution in [1.29, 1.82) is 0 Å². The molecule has 0 bridgehead atoms. The van der Waals surface area contributed by atoms with E-state index in [-0.39, 0.29) is 18.2 Å². The number of amides is 1. The summed E-state index contributed by atoms with van der Waals surface area (Å²) in [7, 11) is 0. The van der Waals surface area contributed by atoms with E-state index in [0.717, 1.165) is 0 Å². The molecule has 110 valence electrons. The molecule has 0 aliphatic heterocycles. The summed E-state index contributed by atoms with van der Waals surface area (Å²) in [4.78, 5) is 14.2. The average molecular weight is 299 g/mol. The van der Waals surface area contributed by atoms with E-state index in [4.69, 9.17) is 11.5 Å². The van der Waals surface area contributed by atoms with Crippen LogP contribution in [0.2, 0.25) is 0 Å². The Kier molecular flexibility index (Phi) is 3.97. The molecule has 4 N–H and O–H groups in total. The Morgan fingerprint density at radius 2 is 1.30 bits per heavy atom. The first-order chi connectivity index (χ1) is 8.91. The molecule has 0 radical (unpaired) electrons. The lowest BCUT2D eigenvalue weighted by molar-refractivity contribution is -0.143. The minimum absolute atomic E-state index is 0.105. The molecule has 1 amide bonds. The molecule has 0 spiro atoms. The molecule has 20 heavy (non-hydrogen) atoms. The average Bonchev–Trinajstić information content (AvgIpc) is 2.25. The van der Waals surface area contributed by atoms with Crippen LogP contribution in [-0.2, 0) is 12.4 Å². The third kappa shape index (κ3) is 3.87. The van der Waals surface area contributed by atoms with Crippen molar-refractivity contribution in [2.24, 2.45) is 16.5 Å². The van der Waals surface area contributed by atoms with Crippen LogP contribution in [0.1, 0.15) is 21.5 Å². The Morgan fingerprint density at radius 1 is 0.900 bits per heavy atom. The summed E-state index contributed by atoms with van der Waals surface area (Å²) in [5.41, 5.74) is 5.52. The number of alkyl halides is 6. The van der Waals surface area contributed by atoms with E-state index in [1.807, 2.05) is 0 Å². The van der Waals surface area contributed by atoms with Crippen LogP contribution >= 0.6 is 0 Å². The Balaban J connectivity index is 3.46. The van der Waals surface area contributed by atoms with E-state index >= 15 is 0 Å². The number of carbonyl (C=O) groups excluding carboxylic acids is 1. The zero-order valence-electron chi connectivity index (χ0n) is 9.51. The number of guanidine groups is 1. The molecule has 0 aliphatic carbocycles. The molecule has 0 aliphatic rings. The maximum Gasteiger partial charge on any atom is 0.416 e. The Labute approximate surface area is 108 Å². The molecule has 0 aromatic heterocycles. The van der Waals surface area contributed by atoms with Gasteiger partial charge in [-0.2, -0.15) is 31.3 Å². The second kappa shape index (κ2) is 5.02. The largest absolute Gasteiger partial charge is 0.416 e. The van der Waals surface area contributed by atoms with Gasteiger partial charge in [0.15, 0.2) is 5.96 Å². The standard InChI is InChI=1S/C10H7F6N3O/c11-9(12,13)5-1-4(7(20)19-8(17)18)2-6(3-5)10(14,15)16/h1-3H,(H4,17,18,19,20). The van der Waals surface area contributed by atoms with Crippen molar-refractivity contribution in [2.75, 3.05) is 0 Å². The molecule has 1 aromatic rings. The summed E-state index contributed by atoms with van der Waals surface area (Å²) in [5.74, 6) is -2.18. The number of carbonyl (C=O) groups is 1. The van der Waals surface area contributed by atoms with Gasteiger partial charge in [-0.15, -0.1) is 0 Å². The fourth-order valence-electron chi connectivity index (χ4n) is 1.26. The van der Waals surface area contributed by atoms with E-state index in [1.165, 1.54) is 0 Å². The molecule has 1 aromatic carbocycles. The van der Waals surface area contributed by atoms with E-state index < -0.39 is 40.9 Å². The SMILES string of the molecule is NC(N)=NC(=O)c1cc(C(F)(F)F)cc(C(F)(F)F)c1. The molecule has 0 fully saturated rings. The van der Waals surface area contributed by atoms with E-state index in [0.29, 0.717) is 0 Å². The molecular weight excluding hydrogens is 292 g/mol. The summed E-state index contributed by atoms with van der Waals surface area (Å²) < 4.78 is 75.0. The monoisotopic (exact) mass is 299 g/mol. The lowest BCUT2D eigenvalue weighted by atomic mass is 10.0. The van der Waals surface area contributed by atoms with Crippen LogP contribution in [0.4, 0.5) is 26.3 Å². The number of hydrogen-bond donors (Lipinski definition) is 2. The Bertz CT molecular complexity index is 525. The van der Waals surface area contributed by atoms with E-state index in [9.17, 15) is 31.1 Å². The maximum absolute atomic E-state index is 12.5. The highest BCUT2D eigenvalue weighted by molar-refractivity contribution is 6.02. The minimum atomic E-state index is -5.05. The highest BCUT2D eigenvalue weighted by Crippen LogP contribution is 2.36. The number of halogens is 6. The molecule has 4 nitrogen and oxygen atoms in total. The molecule has 1 rings (SSSR count). The molecule has 0 saturated heterocycles. The molecule has 0 atom stereocenters. The van der Waals surface area contributed by atoms with Crippen LogP contribution in [0.25, 0.3) is 0 Å². The van der Waals surface area contributed by atoms with Gasteiger partial charge in [0.2, 0.25) is 0 Å². The predicted molar refractivity (Wildman–Crippen MR) is 56.6 cm³/mol. The van der Waals surface area contributed by atoms with Gasteiger partial charge in [0, 0.05) is 5.56 Å². The fourth-order valence-corrected chi connectivity index (χ4v) is 1.26. The van der Waals surface area contributed by atoms with Gasteiger partial charge in [-0.1, -0.05) is 0 Å². The maximum atomic E-state index is 12.5. The van der Waals surface area contributed by atoms with Gasteiger partial charge < -0.3 is 11.5 Å². The lowest BCUT2D eigenvalue weighted by Crippen LogP contribution is -2.24. The summed E-state index contributed by atoms with van der Waals surface area (Å²) in [6.45, 7) is 0. The van der Waals surface area contributed by atoms with Gasteiger partial charge in [-0.25, -0.2) is 0 Å². The van der Waals surface area contributed by atoms with Gasteiger partial charge in [-0.05, 0) is 18.2 Å². The van der Waals surface area contributed by atoms with Crippen LogP contribution in [-0.4, -0.2) is 11.9 Å². The van der Waals surface area contributed by atoms with Crippen LogP contribution in [0.3, 0.4) is 0 Å². The lowest BCUT2D eigenvalue weighted by Gasteiger charge is -2.12. The third-order valence-corrected chi connectivity index (χ3v) is 2.07. The normalized spacial score (nSPS) is 12.1. The smallest absolute Gasteiger partial charge is 0.370 e. The van der Waals surface area contributed by atoms with Gasteiger partial charge in [-0.3, -0.25) is 4.79 Å². The summed E-state index contributed by atoms with van der Waals surface area (Å²) >= 11 is 0. The van der Waals surface area contributed by atoms with Crippen molar-refractivity contribution < 1.29 is 31.1 Å². The van der Waals surface area contributed by atoms with Gasteiger partial charge in [0.25, 0.3) is 5.91 Å². The number of hydrogen-bond acceptors (Lipinski definition) is 1. The van der Waals surface area contributed by atoms with Crippen molar-refractivity contribution in [2.45, 2.75) is 12.4 Å². The van der Waals surface area contributed by atoms with Crippen molar-refractivity contribution >= 4 is 11.9 Å². The predicted octanol–water partition coefficient (Wildman–Crippen LogP) is 2.14. The minimum Gasteiger partial charge on any atom is -0.370 e. The van der Waals surface area contributed by atoms with Crippen LogP contribution in [0.15, 0.2) is 23.2 Å². The first-order valence-electron chi connectivity index (χ1n) is 4.84. The molecule has 0 saturated carbocycles. The highest BCUT2D eigenvalue weighted by atomic mass is 19.4. The van der Waals surface area contributed by atoms with Crippen LogP contribution in [0.5, 0.6) is 0 Å². The number of rotatable bonds is 1. The molecule has 0 unspecified atom stereocenters. The summed E-state index contributed by atoms with van der Waals surface area (Å²) in [6, 6.07) is 0.375. The van der Waals surface area contributed by atoms with E-state index in [2.05, 4.69) is 4.99 Å². The first kappa shape index (κ1) is 15.8. The zero-order valence-corrected chi connectivity index (χ0v) is 9.51. The van der Waals surface area contributed by atoms with Gasteiger partial charge in [0.05, 0.1) is 11.1 Å². The third-order valence-electron chi connectivity index (χ3n) is 2.07. The highest BCUT2D eigenvalue weighted by Gasteiger charge is 2.37. The number of aliphatic imine (C=N–C) groups is 1. The Hall–Kier alpha value is -2.26. The second-order valence-electron chi connectivity index (χ2n) is 3.64. The number of benzene rings is 1. The second-order valence-corrected chi connectivity index (χ2v) is 3.64. The molecule has 10 heteroatoms. The Morgan fingerprint density at radius 3 is 1.60 bits per heavy atom. The summed E-state index contributed by atoms with van der Waals surface area (Å²) in [5, 5.41) is 0. The topological polar surface area (TPSA) is 81.5 Å². The van der Waals surface area contributed by atoms with E-state index in [1.54, 1.807) is 0 Å². The van der Waals surface area contributed by atoms with Crippen molar-refractivity contribution in [3.05, 3.63) is 34.9 Å².